The van der Waals surface area contributed by atoms with Gasteiger partial charge in [-0.1, -0.05) is 90.1 Å². The van der Waals surface area contributed by atoms with E-state index in [-0.39, 0.29) is 11.9 Å². The van der Waals surface area contributed by atoms with Crippen molar-refractivity contribution in [2.45, 2.75) is 30.3 Å². The van der Waals surface area contributed by atoms with Crippen molar-refractivity contribution in [2.75, 3.05) is 10.7 Å². The Morgan fingerprint density at radius 2 is 1.66 bits per heavy atom. The van der Waals surface area contributed by atoms with E-state index < -0.39 is 5.25 Å². The number of rotatable bonds is 4. The Morgan fingerprint density at radius 3 is 2.41 bits per heavy atom. The highest BCUT2D eigenvalue weighted by Crippen LogP contribution is 2.39. The summed E-state index contributed by atoms with van der Waals surface area (Å²) in [6.45, 7) is 4.04. The third-order valence-corrected chi connectivity index (χ3v) is 6.78. The first-order chi connectivity index (χ1) is 15.6. The van der Waals surface area contributed by atoms with Crippen LogP contribution >= 0.6 is 11.8 Å². The Labute approximate surface area is 191 Å². The molecule has 6 nitrogen and oxygen atoms in total. The molecule has 0 spiro atoms. The maximum atomic E-state index is 13.4. The number of aromatic nitrogens is 3. The minimum atomic E-state index is -0.419. The third kappa shape index (κ3) is 3.87. The SMILES string of the molecule is Cc1ccc([C@@H]2Nn3c(nnc3-c3ccccc3)S[C@@H]2C(=O)Nc2ccccc2C)cc1. The molecule has 1 aliphatic rings. The summed E-state index contributed by atoms with van der Waals surface area (Å²) in [5.41, 5.74) is 8.53. The minimum absolute atomic E-state index is 0.0714. The van der Waals surface area contributed by atoms with Crippen LogP contribution in [0.15, 0.2) is 84.0 Å². The van der Waals surface area contributed by atoms with Crippen LogP contribution in [0.3, 0.4) is 0 Å². The number of aryl methyl sites for hydroxylation is 2. The van der Waals surface area contributed by atoms with Gasteiger partial charge in [0.05, 0.1) is 6.04 Å². The van der Waals surface area contributed by atoms with E-state index >= 15 is 0 Å². The first kappa shape index (κ1) is 20.3. The fourth-order valence-electron chi connectivity index (χ4n) is 3.77. The molecule has 160 valence electrons. The number of nitrogens with zero attached hydrogens (tertiary/aromatic N) is 3. The van der Waals surface area contributed by atoms with Crippen molar-refractivity contribution in [2.24, 2.45) is 0 Å². The monoisotopic (exact) mass is 441 g/mol. The molecule has 1 aromatic heterocycles. The van der Waals surface area contributed by atoms with E-state index in [4.69, 9.17) is 0 Å². The van der Waals surface area contributed by atoms with Crippen LogP contribution in [0.4, 0.5) is 5.69 Å². The molecule has 0 radical (unpaired) electrons. The first-order valence-electron chi connectivity index (χ1n) is 10.5. The number of para-hydroxylation sites is 1. The molecule has 7 heteroatoms. The molecule has 0 bridgehead atoms. The van der Waals surface area contributed by atoms with Crippen molar-refractivity contribution in [3.8, 4) is 11.4 Å². The summed E-state index contributed by atoms with van der Waals surface area (Å²) < 4.78 is 1.89. The van der Waals surface area contributed by atoms with E-state index in [0.29, 0.717) is 5.16 Å². The number of thioether (sulfide) groups is 1. The van der Waals surface area contributed by atoms with Crippen molar-refractivity contribution >= 4 is 23.4 Å². The lowest BCUT2D eigenvalue weighted by Crippen LogP contribution is -2.41. The Morgan fingerprint density at radius 1 is 0.938 bits per heavy atom. The number of benzene rings is 3. The smallest absolute Gasteiger partial charge is 0.240 e. The number of fused-ring (bicyclic) bond motifs is 1. The van der Waals surface area contributed by atoms with Gasteiger partial charge >= 0.3 is 0 Å². The van der Waals surface area contributed by atoms with E-state index in [9.17, 15) is 4.79 Å². The number of amides is 1. The average Bonchev–Trinajstić information content (AvgIpc) is 3.24. The normalized spacial score (nSPS) is 17.3. The van der Waals surface area contributed by atoms with Gasteiger partial charge < -0.3 is 10.7 Å². The van der Waals surface area contributed by atoms with Crippen LogP contribution in [0.2, 0.25) is 0 Å². The molecular weight excluding hydrogens is 418 g/mol. The van der Waals surface area contributed by atoms with E-state index in [2.05, 4.69) is 52.1 Å². The largest absolute Gasteiger partial charge is 0.325 e. The third-order valence-electron chi connectivity index (χ3n) is 5.57. The van der Waals surface area contributed by atoms with Crippen LogP contribution in [-0.4, -0.2) is 26.0 Å². The zero-order valence-corrected chi connectivity index (χ0v) is 18.6. The summed E-state index contributed by atoms with van der Waals surface area (Å²) in [5.74, 6) is 0.654. The molecule has 1 amide bonds. The lowest BCUT2D eigenvalue weighted by atomic mass is 10.0. The molecule has 0 aliphatic carbocycles. The predicted molar refractivity (Wildman–Crippen MR) is 128 cm³/mol. The Balaban J connectivity index is 1.52. The zero-order chi connectivity index (χ0) is 22.1. The van der Waals surface area contributed by atoms with Crippen LogP contribution in [-0.2, 0) is 4.79 Å². The Kier molecular flexibility index (Phi) is 5.41. The summed E-state index contributed by atoms with van der Waals surface area (Å²) in [6.07, 6.45) is 0. The van der Waals surface area contributed by atoms with Crippen LogP contribution in [0.25, 0.3) is 11.4 Å². The van der Waals surface area contributed by atoms with Crippen molar-refractivity contribution in [3.05, 3.63) is 95.6 Å². The van der Waals surface area contributed by atoms with Gasteiger partial charge in [0.15, 0.2) is 5.82 Å². The van der Waals surface area contributed by atoms with Gasteiger partial charge in [0.25, 0.3) is 0 Å². The van der Waals surface area contributed by atoms with Gasteiger partial charge in [0.1, 0.15) is 5.25 Å². The van der Waals surface area contributed by atoms with Gasteiger partial charge in [-0.25, -0.2) is 4.68 Å². The van der Waals surface area contributed by atoms with Gasteiger partial charge in [-0.2, -0.15) is 0 Å². The second-order valence-corrected chi connectivity index (χ2v) is 8.98. The minimum Gasteiger partial charge on any atom is -0.325 e. The molecule has 0 saturated heterocycles. The predicted octanol–water partition coefficient (Wildman–Crippen LogP) is 4.96. The van der Waals surface area contributed by atoms with E-state index in [0.717, 1.165) is 28.2 Å². The lowest BCUT2D eigenvalue weighted by Gasteiger charge is -2.33. The molecule has 0 fully saturated rings. The summed E-state index contributed by atoms with van der Waals surface area (Å²) in [4.78, 5) is 13.4. The lowest BCUT2D eigenvalue weighted by molar-refractivity contribution is -0.116. The molecule has 4 aromatic rings. The van der Waals surface area contributed by atoms with Crippen LogP contribution < -0.4 is 10.7 Å². The van der Waals surface area contributed by atoms with E-state index in [1.54, 1.807) is 0 Å². The van der Waals surface area contributed by atoms with Crippen LogP contribution in [0.1, 0.15) is 22.7 Å². The molecule has 2 heterocycles. The summed E-state index contributed by atoms with van der Waals surface area (Å²) in [7, 11) is 0. The molecule has 5 rings (SSSR count). The summed E-state index contributed by atoms with van der Waals surface area (Å²) in [5, 5.41) is 12.1. The number of hydrogen-bond donors (Lipinski definition) is 2. The first-order valence-corrected chi connectivity index (χ1v) is 11.4. The number of carbonyl (C=O) groups excluding carboxylic acids is 1. The highest BCUT2D eigenvalue weighted by Gasteiger charge is 2.38. The Hall–Kier alpha value is -3.58. The molecule has 32 heavy (non-hydrogen) atoms. The highest BCUT2D eigenvalue weighted by atomic mass is 32.2. The van der Waals surface area contributed by atoms with Gasteiger partial charge in [-0.05, 0) is 31.0 Å². The van der Waals surface area contributed by atoms with Gasteiger partial charge in [0, 0.05) is 11.3 Å². The highest BCUT2D eigenvalue weighted by molar-refractivity contribution is 8.00. The van der Waals surface area contributed by atoms with Gasteiger partial charge in [-0.3, -0.25) is 4.79 Å². The molecular formula is C25H23N5OS. The summed E-state index contributed by atoms with van der Waals surface area (Å²) in [6, 6.07) is 25.7. The number of hydrogen-bond acceptors (Lipinski definition) is 5. The van der Waals surface area contributed by atoms with Crippen molar-refractivity contribution in [3.63, 3.8) is 0 Å². The second-order valence-electron chi connectivity index (χ2n) is 7.87. The number of anilines is 1. The van der Waals surface area contributed by atoms with Crippen molar-refractivity contribution < 1.29 is 4.79 Å². The quantitative estimate of drug-likeness (QED) is 0.468. The maximum absolute atomic E-state index is 13.4. The standard InChI is InChI=1S/C25H23N5OS/c1-16-12-14-18(15-13-16)21-22(24(31)26-20-11-7-6-8-17(20)2)32-25-28-27-23(30(25)29-21)19-9-4-3-5-10-19/h3-15,21-22,29H,1-2H3,(H,26,31)/t21-,22-/m0/s1. The van der Waals surface area contributed by atoms with E-state index in [1.807, 2.05) is 66.2 Å². The molecule has 3 aromatic carbocycles. The maximum Gasteiger partial charge on any atom is 0.240 e. The molecule has 2 atom stereocenters. The molecule has 2 N–H and O–H groups in total. The molecule has 0 unspecified atom stereocenters. The number of nitrogens with one attached hydrogen (secondary N) is 2. The zero-order valence-electron chi connectivity index (χ0n) is 17.8. The fraction of sp³-hybridized carbons (Fsp3) is 0.160. The van der Waals surface area contributed by atoms with Gasteiger partial charge in [-0.15, -0.1) is 10.2 Å². The number of carbonyl (C=O) groups is 1. The topological polar surface area (TPSA) is 71.8 Å². The van der Waals surface area contributed by atoms with Gasteiger partial charge in [0.2, 0.25) is 11.1 Å². The summed E-state index contributed by atoms with van der Waals surface area (Å²) >= 11 is 1.43. The van der Waals surface area contributed by atoms with Crippen molar-refractivity contribution in [1.82, 2.24) is 14.9 Å². The van der Waals surface area contributed by atoms with Crippen LogP contribution in [0, 0.1) is 13.8 Å². The molecule has 1 aliphatic heterocycles. The second kappa shape index (κ2) is 8.51. The fourth-order valence-corrected chi connectivity index (χ4v) is 4.85. The van der Waals surface area contributed by atoms with E-state index in [1.165, 1.54) is 17.3 Å². The Bertz CT molecular complexity index is 1250. The molecule has 0 saturated carbocycles. The average molecular weight is 442 g/mol. The van der Waals surface area contributed by atoms with Crippen molar-refractivity contribution in [1.29, 1.82) is 0 Å². The van der Waals surface area contributed by atoms with Crippen LogP contribution in [0.5, 0.6) is 0 Å².